The van der Waals surface area contributed by atoms with Crippen LogP contribution in [-0.2, 0) is 20.8 Å². The van der Waals surface area contributed by atoms with E-state index in [2.05, 4.69) is 29.0 Å². The highest BCUT2D eigenvalue weighted by Crippen LogP contribution is 2.44. The summed E-state index contributed by atoms with van der Waals surface area (Å²) in [5.74, 6) is -0.227. The molecule has 3 aromatic rings. The number of aryl methyl sites for hydroxylation is 1. The van der Waals surface area contributed by atoms with Crippen molar-refractivity contribution >= 4 is 47.0 Å². The number of anilines is 1. The molecule has 4 heterocycles. The standard InChI is InChI=1S/C40H45ClN6O5/c1-24-22-25(2)35-33(24)36(43-23-42-35)45-18-20-46(21-19-45)38(50)29(26-12-14-28(41)15-13-26)10-6-4-3-5-8-27-9-7-11-30-34(27)40(52)47(39(30)51)31-16-17-32(48)44-37(31)49/h7,9,11-15,23-25,29,31H,3-6,8,10,16-22H2,1-2H3,(H,44,48,49)/t24-,25-,29-,31?/m1/s1. The van der Waals surface area contributed by atoms with Gasteiger partial charge in [-0.15, -0.1) is 0 Å². The second-order valence-corrected chi connectivity index (χ2v) is 15.1. The zero-order chi connectivity index (χ0) is 36.5. The van der Waals surface area contributed by atoms with Gasteiger partial charge in [-0.1, -0.05) is 69.0 Å². The Morgan fingerprint density at radius 2 is 1.65 bits per heavy atom. The third kappa shape index (κ3) is 6.95. The van der Waals surface area contributed by atoms with Gasteiger partial charge in [0.2, 0.25) is 17.7 Å². The molecule has 0 radical (unpaired) electrons. The lowest BCUT2D eigenvalue weighted by Crippen LogP contribution is -2.54. The molecule has 1 aliphatic carbocycles. The van der Waals surface area contributed by atoms with Gasteiger partial charge in [0.05, 0.1) is 22.7 Å². The van der Waals surface area contributed by atoms with Crippen LogP contribution >= 0.6 is 11.6 Å². The summed E-state index contributed by atoms with van der Waals surface area (Å²) < 4.78 is 0. The summed E-state index contributed by atoms with van der Waals surface area (Å²) in [4.78, 5) is 79.5. The molecule has 11 nitrogen and oxygen atoms in total. The van der Waals surface area contributed by atoms with E-state index >= 15 is 0 Å². The molecule has 52 heavy (non-hydrogen) atoms. The summed E-state index contributed by atoms with van der Waals surface area (Å²) in [6.07, 6.45) is 7.77. The smallest absolute Gasteiger partial charge is 0.262 e. The van der Waals surface area contributed by atoms with Gasteiger partial charge in [0.25, 0.3) is 11.8 Å². The number of nitrogens with zero attached hydrogens (tertiary/aromatic N) is 5. The lowest BCUT2D eigenvalue weighted by molar-refractivity contribution is -0.136. The summed E-state index contributed by atoms with van der Waals surface area (Å²) >= 11 is 6.22. The Morgan fingerprint density at radius 1 is 0.904 bits per heavy atom. The van der Waals surface area contributed by atoms with Crippen molar-refractivity contribution in [2.75, 3.05) is 31.1 Å². The Labute approximate surface area is 309 Å². The van der Waals surface area contributed by atoms with E-state index in [1.807, 2.05) is 35.2 Å². The van der Waals surface area contributed by atoms with E-state index in [4.69, 9.17) is 16.6 Å². The number of piperazine rings is 1. The van der Waals surface area contributed by atoms with Crippen LogP contribution in [0, 0.1) is 0 Å². The Kier molecular flexibility index (Phi) is 10.4. The van der Waals surface area contributed by atoms with Crippen molar-refractivity contribution < 1.29 is 24.0 Å². The van der Waals surface area contributed by atoms with Gasteiger partial charge >= 0.3 is 0 Å². The van der Waals surface area contributed by atoms with Gasteiger partial charge in [-0.2, -0.15) is 0 Å². The first kappa shape index (κ1) is 35.7. The molecule has 272 valence electrons. The lowest BCUT2D eigenvalue weighted by Gasteiger charge is -2.38. The number of hydrogen-bond donors (Lipinski definition) is 1. The molecule has 0 spiro atoms. The van der Waals surface area contributed by atoms with Gasteiger partial charge in [0.15, 0.2) is 0 Å². The molecule has 4 aliphatic rings. The molecule has 3 aliphatic heterocycles. The fourth-order valence-electron chi connectivity index (χ4n) is 8.57. The van der Waals surface area contributed by atoms with Crippen LogP contribution in [0.15, 0.2) is 48.8 Å². The first-order chi connectivity index (χ1) is 25.1. The number of aromatic nitrogens is 2. The van der Waals surface area contributed by atoms with Crippen molar-refractivity contribution in [2.45, 2.75) is 95.4 Å². The molecule has 5 amide bonds. The molecule has 1 unspecified atom stereocenters. The van der Waals surface area contributed by atoms with Crippen LogP contribution in [-0.4, -0.2) is 81.5 Å². The summed E-state index contributed by atoms with van der Waals surface area (Å²) in [5.41, 5.74) is 4.85. The largest absolute Gasteiger partial charge is 0.353 e. The Morgan fingerprint density at radius 3 is 2.40 bits per heavy atom. The van der Waals surface area contributed by atoms with E-state index in [-0.39, 0.29) is 24.7 Å². The quantitative estimate of drug-likeness (QED) is 0.195. The fourth-order valence-corrected chi connectivity index (χ4v) is 8.70. The number of carbonyl (C=O) groups excluding carboxylic acids is 5. The maximum atomic E-state index is 14.1. The third-order valence-electron chi connectivity index (χ3n) is 11.3. The molecule has 0 bridgehead atoms. The average molecular weight is 725 g/mol. The second kappa shape index (κ2) is 15.1. The van der Waals surface area contributed by atoms with Gasteiger partial charge in [0, 0.05) is 43.2 Å². The molecular weight excluding hydrogens is 680 g/mol. The van der Waals surface area contributed by atoms with Crippen molar-refractivity contribution in [2.24, 2.45) is 0 Å². The third-order valence-corrected chi connectivity index (χ3v) is 11.5. The molecule has 2 saturated heterocycles. The van der Waals surface area contributed by atoms with Crippen molar-refractivity contribution in [3.8, 4) is 0 Å². The Hall–Kier alpha value is -4.64. The molecule has 0 saturated carbocycles. The SMILES string of the molecule is C[C@@H]1C[C@@H](C)c2c1ncnc2N1CCN(C(=O)[C@H](CCCCCCc2cccc3c2C(=O)N(C2CCC(=O)NC2=O)C3=O)c2ccc(Cl)cc2)CC1. The minimum absolute atomic E-state index is 0.0855. The number of nitrogens with one attached hydrogen (secondary N) is 1. The van der Waals surface area contributed by atoms with Crippen molar-refractivity contribution in [3.63, 3.8) is 0 Å². The van der Waals surface area contributed by atoms with Gasteiger partial charge in [-0.3, -0.25) is 34.2 Å². The summed E-state index contributed by atoms with van der Waals surface area (Å²) in [7, 11) is 0. The van der Waals surface area contributed by atoms with Gasteiger partial charge in [0.1, 0.15) is 18.2 Å². The zero-order valence-electron chi connectivity index (χ0n) is 29.8. The molecule has 2 aromatic carbocycles. The van der Waals surface area contributed by atoms with E-state index in [1.54, 1.807) is 18.5 Å². The van der Waals surface area contributed by atoms with Crippen LogP contribution in [0.1, 0.15) is 126 Å². The summed E-state index contributed by atoms with van der Waals surface area (Å²) in [6.45, 7) is 7.21. The molecule has 1 aromatic heterocycles. The summed E-state index contributed by atoms with van der Waals surface area (Å²) in [5, 5.41) is 2.88. The number of carbonyl (C=O) groups is 5. The van der Waals surface area contributed by atoms with Crippen LogP contribution in [0.5, 0.6) is 0 Å². The first-order valence-corrected chi connectivity index (χ1v) is 19.0. The van der Waals surface area contributed by atoms with E-state index in [9.17, 15) is 24.0 Å². The average Bonchev–Trinajstić information content (AvgIpc) is 3.58. The topological polar surface area (TPSA) is 133 Å². The van der Waals surface area contributed by atoms with E-state index in [0.29, 0.717) is 53.9 Å². The summed E-state index contributed by atoms with van der Waals surface area (Å²) in [6, 6.07) is 11.9. The Balaban J connectivity index is 0.942. The second-order valence-electron chi connectivity index (χ2n) is 14.7. The highest BCUT2D eigenvalue weighted by Gasteiger charge is 2.45. The van der Waals surface area contributed by atoms with Gasteiger partial charge < -0.3 is 9.80 Å². The first-order valence-electron chi connectivity index (χ1n) is 18.6. The molecule has 2 fully saturated rings. The van der Waals surface area contributed by atoms with Crippen LogP contribution in [0.3, 0.4) is 0 Å². The number of fused-ring (bicyclic) bond motifs is 2. The van der Waals surface area contributed by atoms with E-state index < -0.39 is 29.7 Å². The van der Waals surface area contributed by atoms with Crippen molar-refractivity contribution in [3.05, 3.63) is 87.3 Å². The highest BCUT2D eigenvalue weighted by atomic mass is 35.5. The highest BCUT2D eigenvalue weighted by molar-refractivity contribution is 6.30. The zero-order valence-corrected chi connectivity index (χ0v) is 30.5. The van der Waals surface area contributed by atoms with Crippen LogP contribution in [0.25, 0.3) is 0 Å². The van der Waals surface area contributed by atoms with Crippen LogP contribution in [0.2, 0.25) is 5.02 Å². The molecule has 1 N–H and O–H groups in total. The fraction of sp³-hybridized carbons (Fsp3) is 0.475. The van der Waals surface area contributed by atoms with Gasteiger partial charge in [-0.05, 0) is 73.3 Å². The number of amides is 5. The normalized spacial score (nSPS) is 22.1. The van der Waals surface area contributed by atoms with E-state index in [0.717, 1.165) is 72.7 Å². The number of halogens is 1. The lowest BCUT2D eigenvalue weighted by atomic mass is 9.91. The molecule has 12 heteroatoms. The minimum atomic E-state index is -0.982. The Bertz CT molecular complexity index is 1890. The maximum absolute atomic E-state index is 14.1. The maximum Gasteiger partial charge on any atom is 0.262 e. The predicted molar refractivity (Wildman–Crippen MR) is 196 cm³/mol. The molecule has 7 rings (SSSR count). The molecular formula is C40H45ClN6O5. The molecule has 4 atom stereocenters. The van der Waals surface area contributed by atoms with Gasteiger partial charge in [-0.25, -0.2) is 9.97 Å². The van der Waals surface area contributed by atoms with Crippen LogP contribution in [0.4, 0.5) is 5.82 Å². The number of hydrogen-bond acceptors (Lipinski definition) is 8. The monoisotopic (exact) mass is 724 g/mol. The number of imide groups is 2. The number of piperidine rings is 1. The minimum Gasteiger partial charge on any atom is -0.353 e. The van der Waals surface area contributed by atoms with Crippen molar-refractivity contribution in [1.82, 2.24) is 25.1 Å². The predicted octanol–water partition coefficient (Wildman–Crippen LogP) is 5.77. The number of rotatable bonds is 11. The van der Waals surface area contributed by atoms with Crippen LogP contribution < -0.4 is 10.2 Å². The van der Waals surface area contributed by atoms with E-state index in [1.165, 1.54) is 5.56 Å². The number of unbranched alkanes of at least 4 members (excludes halogenated alkanes) is 3. The van der Waals surface area contributed by atoms with Crippen molar-refractivity contribution in [1.29, 1.82) is 0 Å². The number of benzene rings is 2.